The quantitative estimate of drug-likeness (QED) is 0.571. The molecule has 1 aromatic heterocycles. The van der Waals surface area contributed by atoms with Crippen LogP contribution in [0.3, 0.4) is 0 Å². The zero-order valence-electron chi connectivity index (χ0n) is 18.0. The lowest BCUT2D eigenvalue weighted by molar-refractivity contribution is 0.411. The number of aryl methyl sites for hydroxylation is 1. The van der Waals surface area contributed by atoms with Crippen molar-refractivity contribution >= 4 is 12.3 Å². The van der Waals surface area contributed by atoms with Crippen molar-refractivity contribution in [3.05, 3.63) is 92.4 Å². The van der Waals surface area contributed by atoms with Gasteiger partial charge in [-0.15, -0.1) is 0 Å². The molecule has 0 radical (unpaired) electrons. The van der Waals surface area contributed by atoms with E-state index in [1.165, 1.54) is 11.1 Å². The van der Waals surface area contributed by atoms with Gasteiger partial charge in [0.25, 0.3) is 0 Å². The average molecular weight is 401 g/mol. The maximum atomic E-state index is 11.9. The van der Waals surface area contributed by atoms with Crippen molar-refractivity contribution in [2.75, 3.05) is 7.11 Å². The Morgan fingerprint density at radius 2 is 2.07 bits per heavy atom. The second-order valence-electron chi connectivity index (χ2n) is 8.19. The molecule has 0 amide bonds. The molecule has 0 saturated heterocycles. The maximum absolute atomic E-state index is 11.9. The molecular weight excluding hydrogens is 372 g/mol. The van der Waals surface area contributed by atoms with Crippen LogP contribution in [0.1, 0.15) is 42.7 Å². The van der Waals surface area contributed by atoms with Crippen LogP contribution in [0.2, 0.25) is 0 Å². The highest BCUT2D eigenvalue weighted by Gasteiger charge is 2.46. The summed E-state index contributed by atoms with van der Waals surface area (Å²) in [5.41, 5.74) is 6.49. The number of nitrogens with one attached hydrogen (secondary N) is 1. The second-order valence-corrected chi connectivity index (χ2v) is 8.19. The van der Waals surface area contributed by atoms with E-state index in [0.717, 1.165) is 41.0 Å². The van der Waals surface area contributed by atoms with E-state index in [4.69, 9.17) is 9.73 Å². The van der Waals surface area contributed by atoms with Crippen molar-refractivity contribution < 1.29 is 4.74 Å². The number of hydrogen-bond acceptors (Lipinski definition) is 3. The van der Waals surface area contributed by atoms with E-state index in [1.807, 2.05) is 37.4 Å². The molecule has 154 valence electrons. The number of aromatic nitrogens is 1. The number of methoxy groups -OCH3 is 1. The number of fused-ring (bicyclic) bond motifs is 4. The minimum Gasteiger partial charge on any atom is -0.496 e. The fourth-order valence-corrected chi connectivity index (χ4v) is 4.98. The minimum absolute atomic E-state index is 0.0506. The van der Waals surface area contributed by atoms with Gasteiger partial charge < -0.3 is 9.72 Å². The zero-order valence-corrected chi connectivity index (χ0v) is 18.0. The molecule has 4 nitrogen and oxygen atoms in total. The van der Waals surface area contributed by atoms with Gasteiger partial charge in [0.2, 0.25) is 5.56 Å². The van der Waals surface area contributed by atoms with Crippen molar-refractivity contribution in [3.63, 3.8) is 0 Å². The molecule has 0 spiro atoms. The zero-order chi connectivity index (χ0) is 21.3. The van der Waals surface area contributed by atoms with Crippen molar-refractivity contribution in [1.29, 1.82) is 0 Å². The molecule has 0 fully saturated rings. The number of ether oxygens (including phenoxy) is 1. The number of nitrogens with zero attached hydrogens (tertiary/aromatic N) is 1. The van der Waals surface area contributed by atoms with Crippen LogP contribution in [0, 0.1) is 12.8 Å². The molecule has 1 heterocycles. The number of hydrogen-bond donors (Lipinski definition) is 1. The van der Waals surface area contributed by atoms with Gasteiger partial charge in [-0.05, 0) is 68.2 Å². The van der Waals surface area contributed by atoms with Crippen LogP contribution < -0.4 is 10.3 Å². The molecule has 4 rings (SSSR count). The third-order valence-electron chi connectivity index (χ3n) is 6.17. The number of H-pyrrole nitrogens is 1. The fourth-order valence-electron chi connectivity index (χ4n) is 4.98. The molecule has 2 bridgehead atoms. The van der Waals surface area contributed by atoms with Crippen LogP contribution in [0.25, 0.3) is 6.08 Å². The van der Waals surface area contributed by atoms with Crippen molar-refractivity contribution in [3.8, 4) is 5.75 Å². The highest BCUT2D eigenvalue weighted by molar-refractivity contribution is 5.79. The van der Waals surface area contributed by atoms with Gasteiger partial charge in [0.15, 0.2) is 0 Å². The first kappa shape index (κ1) is 20.1. The predicted octanol–water partition coefficient (Wildman–Crippen LogP) is 5.14. The SMILES string of the molecule is C/C=C1\C2C=C(C)CC1(N=C/C=C/c1ccc(OC)c(C)c1)c1ccc(=O)[nH]c1C2. The van der Waals surface area contributed by atoms with E-state index in [-0.39, 0.29) is 11.5 Å². The molecule has 0 saturated carbocycles. The lowest BCUT2D eigenvalue weighted by Gasteiger charge is -2.45. The van der Waals surface area contributed by atoms with E-state index in [0.29, 0.717) is 0 Å². The summed E-state index contributed by atoms with van der Waals surface area (Å²) >= 11 is 0. The van der Waals surface area contributed by atoms with Gasteiger partial charge in [0, 0.05) is 35.9 Å². The van der Waals surface area contributed by atoms with Gasteiger partial charge in [-0.3, -0.25) is 9.79 Å². The molecule has 2 unspecified atom stereocenters. The predicted molar refractivity (Wildman–Crippen MR) is 123 cm³/mol. The van der Waals surface area contributed by atoms with E-state index < -0.39 is 5.54 Å². The maximum Gasteiger partial charge on any atom is 0.248 e. The lowest BCUT2D eigenvalue weighted by Crippen LogP contribution is -2.40. The van der Waals surface area contributed by atoms with Crippen LogP contribution in [0.15, 0.2) is 69.5 Å². The van der Waals surface area contributed by atoms with Crippen molar-refractivity contribution in [2.45, 2.75) is 39.2 Å². The molecular formula is C26H28N2O2. The second kappa shape index (κ2) is 7.94. The Hall–Kier alpha value is -3.14. The number of rotatable bonds is 4. The monoisotopic (exact) mass is 400 g/mol. The Balaban J connectivity index is 1.72. The number of benzene rings is 1. The van der Waals surface area contributed by atoms with Gasteiger partial charge in [-0.2, -0.15) is 0 Å². The lowest BCUT2D eigenvalue weighted by atomic mass is 9.63. The summed E-state index contributed by atoms with van der Waals surface area (Å²) in [6.45, 7) is 6.31. The molecule has 2 atom stereocenters. The van der Waals surface area contributed by atoms with Crippen LogP contribution in [-0.4, -0.2) is 18.3 Å². The number of aromatic amines is 1. The topological polar surface area (TPSA) is 54.4 Å². The summed E-state index contributed by atoms with van der Waals surface area (Å²) < 4.78 is 5.34. The van der Waals surface area contributed by atoms with Crippen LogP contribution in [0.4, 0.5) is 0 Å². The van der Waals surface area contributed by atoms with Gasteiger partial charge in [0.1, 0.15) is 11.3 Å². The first-order valence-electron chi connectivity index (χ1n) is 10.4. The number of allylic oxidation sites excluding steroid dienone is 3. The summed E-state index contributed by atoms with van der Waals surface area (Å²) in [5.74, 6) is 1.17. The molecule has 30 heavy (non-hydrogen) atoms. The normalized spacial score (nSPS) is 24.3. The molecule has 2 aliphatic carbocycles. The molecule has 2 aliphatic rings. The Morgan fingerprint density at radius 1 is 1.23 bits per heavy atom. The fraction of sp³-hybridized carbons (Fsp3) is 0.308. The molecule has 1 aromatic carbocycles. The highest BCUT2D eigenvalue weighted by atomic mass is 16.5. The van der Waals surface area contributed by atoms with Gasteiger partial charge in [0.05, 0.1) is 7.11 Å². The highest BCUT2D eigenvalue weighted by Crippen LogP contribution is 2.51. The largest absolute Gasteiger partial charge is 0.496 e. The Kier molecular flexibility index (Phi) is 5.33. The Morgan fingerprint density at radius 3 is 2.80 bits per heavy atom. The third kappa shape index (κ3) is 3.47. The first-order valence-corrected chi connectivity index (χ1v) is 10.4. The van der Waals surface area contributed by atoms with E-state index in [1.54, 1.807) is 13.2 Å². The standard InChI is InChI=1S/C26H28N2O2/c1-5-21-20-13-17(2)16-26(21,22-9-11-25(29)28-23(22)15-20)27-12-6-7-19-8-10-24(30-4)18(3)14-19/h5-14,20H,15-16H2,1-4H3,(H,28,29)/b7-6+,21-5+,27-12?. The summed E-state index contributed by atoms with van der Waals surface area (Å²) in [4.78, 5) is 20.1. The average Bonchev–Trinajstić information content (AvgIpc) is 2.70. The number of pyridine rings is 1. The van der Waals surface area contributed by atoms with Crippen molar-refractivity contribution in [1.82, 2.24) is 4.98 Å². The van der Waals surface area contributed by atoms with Crippen LogP contribution >= 0.6 is 0 Å². The van der Waals surface area contributed by atoms with Gasteiger partial charge in [-0.1, -0.05) is 29.9 Å². The molecule has 1 N–H and O–H groups in total. The number of aliphatic imine (C=N–C) groups is 1. The van der Waals surface area contributed by atoms with Gasteiger partial charge in [-0.25, -0.2) is 0 Å². The van der Waals surface area contributed by atoms with Gasteiger partial charge >= 0.3 is 0 Å². The Bertz CT molecular complexity index is 1150. The summed E-state index contributed by atoms with van der Waals surface area (Å²) in [6, 6.07) is 9.70. The Labute approximate surface area is 177 Å². The van der Waals surface area contributed by atoms with E-state index >= 15 is 0 Å². The van der Waals surface area contributed by atoms with Crippen LogP contribution in [-0.2, 0) is 12.0 Å². The minimum atomic E-state index is -0.448. The summed E-state index contributed by atoms with van der Waals surface area (Å²) in [5, 5.41) is 0. The molecule has 4 heteroatoms. The first-order chi connectivity index (χ1) is 14.5. The van der Waals surface area contributed by atoms with Crippen LogP contribution in [0.5, 0.6) is 5.75 Å². The third-order valence-corrected chi connectivity index (χ3v) is 6.17. The summed E-state index contributed by atoms with van der Waals surface area (Å²) in [6.07, 6.45) is 12.1. The van der Waals surface area contributed by atoms with E-state index in [2.05, 4.69) is 43.1 Å². The summed E-state index contributed by atoms with van der Waals surface area (Å²) in [7, 11) is 1.69. The molecule has 2 aromatic rings. The van der Waals surface area contributed by atoms with E-state index in [9.17, 15) is 4.79 Å². The van der Waals surface area contributed by atoms with Crippen molar-refractivity contribution in [2.24, 2.45) is 10.9 Å². The molecule has 0 aliphatic heterocycles. The smallest absolute Gasteiger partial charge is 0.248 e.